The zero-order valence-electron chi connectivity index (χ0n) is 15.2. The lowest BCUT2D eigenvalue weighted by atomic mass is 10.1. The van der Waals surface area contributed by atoms with Crippen molar-refractivity contribution in [1.82, 2.24) is 14.8 Å². The highest BCUT2D eigenvalue weighted by Gasteiger charge is 2.28. The summed E-state index contributed by atoms with van der Waals surface area (Å²) in [4.78, 5) is 27.9. The molecule has 1 atom stereocenters. The molecule has 144 valence electrons. The molecule has 0 saturated carbocycles. The van der Waals surface area contributed by atoms with Crippen LogP contribution in [0.5, 0.6) is 11.5 Å². The number of aromatic nitrogens is 1. The normalized spacial score (nSPS) is 18.1. The van der Waals surface area contributed by atoms with Crippen LogP contribution in [0.25, 0.3) is 5.69 Å². The molecule has 1 N–H and O–H groups in total. The number of amides is 1. The van der Waals surface area contributed by atoms with Gasteiger partial charge in [0.15, 0.2) is 11.5 Å². The van der Waals surface area contributed by atoms with Gasteiger partial charge in [0, 0.05) is 37.9 Å². The highest BCUT2D eigenvalue weighted by molar-refractivity contribution is 5.95. The van der Waals surface area contributed by atoms with Crippen molar-refractivity contribution in [3.05, 3.63) is 51.9 Å². The molecule has 1 fully saturated rings. The Labute approximate surface area is 163 Å². The zero-order valence-corrected chi connectivity index (χ0v) is 16.0. The Morgan fingerprint density at radius 3 is 2.78 bits per heavy atom. The number of carbonyl (C=O) groups excluding carboxylic acids is 1. The van der Waals surface area contributed by atoms with Gasteiger partial charge in [-0.3, -0.25) is 14.2 Å². The van der Waals surface area contributed by atoms with Gasteiger partial charge in [-0.2, -0.15) is 0 Å². The summed E-state index contributed by atoms with van der Waals surface area (Å²) in [6, 6.07) is 7.15. The van der Waals surface area contributed by atoms with Gasteiger partial charge < -0.3 is 19.7 Å². The molecule has 7 nitrogen and oxygen atoms in total. The van der Waals surface area contributed by atoms with Crippen molar-refractivity contribution >= 4 is 18.3 Å². The van der Waals surface area contributed by atoms with E-state index in [1.54, 1.807) is 42.3 Å². The Kier molecular flexibility index (Phi) is 5.43. The summed E-state index contributed by atoms with van der Waals surface area (Å²) >= 11 is 0. The minimum Gasteiger partial charge on any atom is -0.454 e. The average Bonchev–Trinajstić information content (AvgIpc) is 3.10. The van der Waals surface area contributed by atoms with E-state index in [0.29, 0.717) is 29.3 Å². The van der Waals surface area contributed by atoms with Gasteiger partial charge >= 0.3 is 0 Å². The second-order valence-corrected chi connectivity index (χ2v) is 6.64. The van der Waals surface area contributed by atoms with Gasteiger partial charge in [-0.05, 0) is 37.6 Å². The van der Waals surface area contributed by atoms with Gasteiger partial charge in [0.25, 0.3) is 11.5 Å². The summed E-state index contributed by atoms with van der Waals surface area (Å²) in [6.07, 6.45) is 1.69. The third kappa shape index (κ3) is 3.40. The maximum atomic E-state index is 13.1. The first-order chi connectivity index (χ1) is 12.6. The highest BCUT2D eigenvalue weighted by Crippen LogP contribution is 2.33. The van der Waals surface area contributed by atoms with Crippen LogP contribution in [0.4, 0.5) is 0 Å². The largest absolute Gasteiger partial charge is 0.454 e. The van der Waals surface area contributed by atoms with Crippen molar-refractivity contribution in [2.75, 3.05) is 26.4 Å². The summed E-state index contributed by atoms with van der Waals surface area (Å²) in [5.74, 6) is 1.04. The predicted molar refractivity (Wildman–Crippen MR) is 104 cm³/mol. The molecule has 3 heterocycles. The molecule has 8 heteroatoms. The van der Waals surface area contributed by atoms with E-state index >= 15 is 0 Å². The van der Waals surface area contributed by atoms with Crippen molar-refractivity contribution < 1.29 is 14.3 Å². The molecule has 1 unspecified atom stereocenters. The third-order valence-corrected chi connectivity index (χ3v) is 4.91. The number of hydrogen-bond acceptors (Lipinski definition) is 5. The van der Waals surface area contributed by atoms with Crippen molar-refractivity contribution in [2.24, 2.45) is 0 Å². The van der Waals surface area contributed by atoms with E-state index < -0.39 is 0 Å². The SMILES string of the molecule is Cc1ccn(-c2ccc3c(c2)OCO3)c(=O)c1C(=O)N1CCNCC1C.Cl. The van der Waals surface area contributed by atoms with Crippen LogP contribution in [0, 0.1) is 6.92 Å². The molecule has 1 aromatic carbocycles. The molecule has 1 saturated heterocycles. The van der Waals surface area contributed by atoms with Crippen LogP contribution in [0.2, 0.25) is 0 Å². The van der Waals surface area contributed by atoms with Crippen LogP contribution >= 0.6 is 12.4 Å². The van der Waals surface area contributed by atoms with Gasteiger partial charge in [0.05, 0.1) is 5.69 Å². The number of aryl methyl sites for hydroxylation is 1. The number of rotatable bonds is 2. The van der Waals surface area contributed by atoms with Crippen molar-refractivity contribution in [3.63, 3.8) is 0 Å². The Hall–Kier alpha value is -2.51. The minimum atomic E-state index is -0.320. The van der Waals surface area contributed by atoms with Gasteiger partial charge in [0.2, 0.25) is 6.79 Å². The van der Waals surface area contributed by atoms with Crippen molar-refractivity contribution in [3.8, 4) is 17.2 Å². The average molecular weight is 392 g/mol. The number of halogens is 1. The van der Waals surface area contributed by atoms with Gasteiger partial charge in [-0.1, -0.05) is 0 Å². The Morgan fingerprint density at radius 1 is 1.22 bits per heavy atom. The molecule has 27 heavy (non-hydrogen) atoms. The van der Waals surface area contributed by atoms with Gasteiger partial charge in [0.1, 0.15) is 5.56 Å². The van der Waals surface area contributed by atoms with Crippen molar-refractivity contribution in [1.29, 1.82) is 0 Å². The van der Waals surface area contributed by atoms with Crippen LogP contribution < -0.4 is 20.3 Å². The fourth-order valence-electron chi connectivity index (χ4n) is 3.41. The topological polar surface area (TPSA) is 72.8 Å². The van der Waals surface area contributed by atoms with Crippen LogP contribution in [0.1, 0.15) is 22.8 Å². The van der Waals surface area contributed by atoms with Crippen LogP contribution in [0.15, 0.2) is 35.3 Å². The maximum absolute atomic E-state index is 13.1. The number of benzene rings is 1. The van der Waals surface area contributed by atoms with Crippen molar-refractivity contribution in [2.45, 2.75) is 19.9 Å². The number of hydrogen-bond donors (Lipinski definition) is 1. The Bertz CT molecular complexity index is 928. The van der Waals surface area contributed by atoms with Crippen LogP contribution in [-0.2, 0) is 0 Å². The number of pyridine rings is 1. The van der Waals surface area contributed by atoms with E-state index in [1.165, 1.54) is 4.57 Å². The summed E-state index contributed by atoms with van der Waals surface area (Å²) in [6.45, 7) is 6.01. The number of nitrogens with zero attached hydrogens (tertiary/aromatic N) is 2. The molecular weight excluding hydrogens is 370 g/mol. The van der Waals surface area contributed by atoms with Gasteiger partial charge in [-0.15, -0.1) is 12.4 Å². The minimum absolute atomic E-state index is 0. The smallest absolute Gasteiger partial charge is 0.268 e. The molecule has 0 aliphatic carbocycles. The lowest BCUT2D eigenvalue weighted by Crippen LogP contribution is -2.53. The van der Waals surface area contributed by atoms with Gasteiger partial charge in [-0.25, -0.2) is 0 Å². The molecule has 1 amide bonds. The molecule has 2 aliphatic heterocycles. The number of piperazine rings is 1. The van der Waals surface area contributed by atoms with Crippen LogP contribution in [0.3, 0.4) is 0 Å². The predicted octanol–water partition coefficient (Wildman–Crippen LogP) is 1.73. The summed E-state index contributed by atoms with van der Waals surface area (Å²) < 4.78 is 12.2. The Morgan fingerprint density at radius 2 is 2.00 bits per heavy atom. The number of ether oxygens (including phenoxy) is 2. The lowest BCUT2D eigenvalue weighted by molar-refractivity contribution is 0.0652. The molecule has 0 radical (unpaired) electrons. The molecule has 1 aromatic heterocycles. The van der Waals surface area contributed by atoms with E-state index in [9.17, 15) is 9.59 Å². The number of nitrogens with one attached hydrogen (secondary N) is 1. The fourth-order valence-corrected chi connectivity index (χ4v) is 3.41. The first kappa shape index (κ1) is 19.3. The summed E-state index contributed by atoms with van der Waals surface area (Å²) in [5, 5.41) is 3.26. The van der Waals surface area contributed by atoms with E-state index in [0.717, 1.165) is 13.1 Å². The number of carbonyl (C=O) groups is 1. The second-order valence-electron chi connectivity index (χ2n) is 6.64. The monoisotopic (exact) mass is 391 g/mol. The second kappa shape index (κ2) is 7.62. The standard InChI is InChI=1S/C19H21N3O4.ClH/c1-12-5-7-22(14-3-4-15-16(9-14)26-11-25-15)19(24)17(12)18(23)21-8-6-20-10-13(21)2;/h3-5,7,9,13,20H,6,8,10-11H2,1-2H3;1H. The summed E-state index contributed by atoms with van der Waals surface area (Å²) in [5.41, 5.74) is 1.22. The summed E-state index contributed by atoms with van der Waals surface area (Å²) in [7, 11) is 0. The van der Waals surface area contributed by atoms with Crippen LogP contribution in [-0.4, -0.2) is 47.8 Å². The first-order valence-corrected chi connectivity index (χ1v) is 8.70. The lowest BCUT2D eigenvalue weighted by Gasteiger charge is -2.34. The molecule has 2 aliphatic rings. The first-order valence-electron chi connectivity index (χ1n) is 8.70. The molecular formula is C19H22ClN3O4. The molecule has 2 aromatic rings. The van der Waals surface area contributed by atoms with E-state index in [4.69, 9.17) is 9.47 Å². The van der Waals surface area contributed by atoms with E-state index in [-0.39, 0.29) is 42.3 Å². The quantitative estimate of drug-likeness (QED) is 0.844. The third-order valence-electron chi connectivity index (χ3n) is 4.91. The van der Waals surface area contributed by atoms with E-state index in [2.05, 4.69) is 5.32 Å². The zero-order chi connectivity index (χ0) is 18.3. The van der Waals surface area contributed by atoms with E-state index in [1.807, 2.05) is 6.92 Å². The maximum Gasteiger partial charge on any atom is 0.268 e. The number of fused-ring (bicyclic) bond motifs is 1. The fraction of sp³-hybridized carbons (Fsp3) is 0.368. The highest BCUT2D eigenvalue weighted by atomic mass is 35.5. The molecule has 4 rings (SSSR count). The molecule has 0 bridgehead atoms. The molecule has 0 spiro atoms. The Balaban J connectivity index is 0.00000210.